The Hall–Kier alpha value is -1.68. The molecule has 0 bridgehead atoms. The van der Waals surface area contributed by atoms with E-state index in [9.17, 15) is 0 Å². The fourth-order valence-electron chi connectivity index (χ4n) is 3.73. The Morgan fingerprint density at radius 1 is 1.24 bits per heavy atom. The maximum Gasteiger partial charge on any atom is 0.0763 e. The van der Waals surface area contributed by atoms with Crippen molar-refractivity contribution in [2.24, 2.45) is 5.73 Å². The molecule has 1 aromatic heterocycles. The summed E-state index contributed by atoms with van der Waals surface area (Å²) in [6.45, 7) is 3.04. The smallest absolute Gasteiger partial charge is 0.0763 e. The fraction of sp³-hybridized carbons (Fsp3) is 0.529. The van der Waals surface area contributed by atoms with Crippen LogP contribution in [0.25, 0.3) is 0 Å². The Labute approximate surface area is 126 Å². The molecule has 1 aliphatic rings. The van der Waals surface area contributed by atoms with E-state index < -0.39 is 0 Å². The summed E-state index contributed by atoms with van der Waals surface area (Å²) in [6, 6.07) is 10.7. The summed E-state index contributed by atoms with van der Waals surface area (Å²) in [5, 5.41) is 8.30. The molecule has 0 saturated heterocycles. The van der Waals surface area contributed by atoms with E-state index in [2.05, 4.69) is 47.6 Å². The van der Waals surface area contributed by atoms with Crippen LogP contribution in [0.2, 0.25) is 0 Å². The van der Waals surface area contributed by atoms with Crippen LogP contribution in [0.4, 0.5) is 0 Å². The normalized spacial score (nSPS) is 18.8. The molecule has 2 N–H and O–H groups in total. The van der Waals surface area contributed by atoms with E-state index in [1.807, 2.05) is 10.9 Å². The Balaban J connectivity index is 1.99. The molecule has 0 radical (unpaired) electrons. The molecule has 1 unspecified atom stereocenters. The average Bonchev–Trinajstić information content (AvgIpc) is 3.18. The van der Waals surface area contributed by atoms with Gasteiger partial charge in [-0.3, -0.25) is 0 Å². The first-order valence-electron chi connectivity index (χ1n) is 7.97. The largest absolute Gasteiger partial charge is 0.322 e. The van der Waals surface area contributed by atoms with Gasteiger partial charge in [0.2, 0.25) is 0 Å². The van der Waals surface area contributed by atoms with E-state index in [0.717, 1.165) is 31.5 Å². The lowest BCUT2D eigenvalue weighted by atomic mass is 9.72. The van der Waals surface area contributed by atoms with Crippen molar-refractivity contribution in [1.29, 1.82) is 0 Å². The summed E-state index contributed by atoms with van der Waals surface area (Å²) >= 11 is 0. The number of rotatable bonds is 5. The fourth-order valence-corrected chi connectivity index (χ4v) is 3.73. The summed E-state index contributed by atoms with van der Waals surface area (Å²) in [5.41, 5.74) is 9.21. The molecule has 1 heterocycles. The van der Waals surface area contributed by atoms with Crippen LogP contribution in [-0.2, 0) is 12.0 Å². The van der Waals surface area contributed by atoms with E-state index >= 15 is 0 Å². The van der Waals surface area contributed by atoms with Crippen molar-refractivity contribution < 1.29 is 0 Å². The molecule has 1 atom stereocenters. The minimum absolute atomic E-state index is 0.0362. The lowest BCUT2D eigenvalue weighted by Gasteiger charge is -2.36. The van der Waals surface area contributed by atoms with E-state index in [4.69, 9.17) is 5.73 Å². The minimum atomic E-state index is -0.0380. The number of nitrogens with two attached hydrogens (primary N) is 1. The Morgan fingerprint density at radius 3 is 2.62 bits per heavy atom. The zero-order chi connectivity index (χ0) is 14.7. The summed E-state index contributed by atoms with van der Waals surface area (Å²) < 4.78 is 1.98. The highest BCUT2D eigenvalue weighted by atomic mass is 15.4. The monoisotopic (exact) mass is 284 g/mol. The lowest BCUT2D eigenvalue weighted by Crippen LogP contribution is -2.37. The molecule has 1 aromatic carbocycles. The number of hydrogen-bond donors (Lipinski definition) is 1. The minimum Gasteiger partial charge on any atom is -0.322 e. The summed E-state index contributed by atoms with van der Waals surface area (Å²) in [7, 11) is 0. The highest BCUT2D eigenvalue weighted by Gasteiger charge is 2.43. The third kappa shape index (κ3) is 2.48. The third-order valence-corrected chi connectivity index (χ3v) is 4.84. The van der Waals surface area contributed by atoms with Gasteiger partial charge in [0, 0.05) is 12.0 Å². The molecular formula is C17H24N4. The molecule has 4 heteroatoms. The quantitative estimate of drug-likeness (QED) is 0.917. The molecule has 0 spiro atoms. The maximum absolute atomic E-state index is 6.74. The lowest BCUT2D eigenvalue weighted by molar-refractivity contribution is 0.337. The van der Waals surface area contributed by atoms with E-state index in [-0.39, 0.29) is 11.5 Å². The second-order valence-electron chi connectivity index (χ2n) is 6.09. The van der Waals surface area contributed by atoms with Crippen LogP contribution in [0.1, 0.15) is 56.3 Å². The van der Waals surface area contributed by atoms with Crippen molar-refractivity contribution in [3.63, 3.8) is 0 Å². The van der Waals surface area contributed by atoms with Gasteiger partial charge in [-0.1, -0.05) is 55.3 Å². The second-order valence-corrected chi connectivity index (χ2v) is 6.09. The number of aromatic nitrogens is 3. The molecular weight excluding hydrogens is 260 g/mol. The van der Waals surface area contributed by atoms with Gasteiger partial charge in [0.1, 0.15) is 0 Å². The first-order valence-corrected chi connectivity index (χ1v) is 7.97. The molecule has 3 rings (SSSR count). The molecule has 0 amide bonds. The van der Waals surface area contributed by atoms with Gasteiger partial charge < -0.3 is 5.73 Å². The van der Waals surface area contributed by atoms with Gasteiger partial charge in [-0.2, -0.15) is 0 Å². The molecule has 4 nitrogen and oxygen atoms in total. The highest BCUT2D eigenvalue weighted by Crippen LogP contribution is 2.48. The van der Waals surface area contributed by atoms with Gasteiger partial charge in [0.25, 0.3) is 0 Å². The maximum atomic E-state index is 6.74. The number of nitrogens with zero attached hydrogens (tertiary/aromatic N) is 3. The highest BCUT2D eigenvalue weighted by molar-refractivity contribution is 5.31. The first-order chi connectivity index (χ1) is 10.3. The van der Waals surface area contributed by atoms with E-state index in [1.165, 1.54) is 18.4 Å². The van der Waals surface area contributed by atoms with Gasteiger partial charge in [0.05, 0.1) is 17.9 Å². The second kappa shape index (κ2) is 5.98. The van der Waals surface area contributed by atoms with E-state index in [1.54, 1.807) is 0 Å². The predicted octanol–water partition coefficient (Wildman–Crippen LogP) is 3.20. The number of aryl methyl sites for hydroxylation is 1. The molecule has 2 aromatic rings. The van der Waals surface area contributed by atoms with Crippen LogP contribution in [0.3, 0.4) is 0 Å². The van der Waals surface area contributed by atoms with Crippen LogP contribution >= 0.6 is 0 Å². The van der Waals surface area contributed by atoms with Gasteiger partial charge in [-0.25, -0.2) is 4.68 Å². The van der Waals surface area contributed by atoms with Gasteiger partial charge in [-0.05, 0) is 24.8 Å². The van der Waals surface area contributed by atoms with Gasteiger partial charge >= 0.3 is 0 Å². The van der Waals surface area contributed by atoms with E-state index in [0.29, 0.717) is 0 Å². The van der Waals surface area contributed by atoms with Crippen molar-refractivity contribution in [1.82, 2.24) is 15.0 Å². The average molecular weight is 284 g/mol. The summed E-state index contributed by atoms with van der Waals surface area (Å²) in [6.07, 6.45) is 7.69. The summed E-state index contributed by atoms with van der Waals surface area (Å²) in [4.78, 5) is 0. The van der Waals surface area contributed by atoms with Crippen LogP contribution in [0.15, 0.2) is 36.5 Å². The molecule has 112 valence electrons. The number of benzene rings is 1. The van der Waals surface area contributed by atoms with Crippen molar-refractivity contribution in [3.8, 4) is 0 Å². The summed E-state index contributed by atoms with van der Waals surface area (Å²) in [5.74, 6) is 0. The van der Waals surface area contributed by atoms with Gasteiger partial charge in [-0.15, -0.1) is 5.10 Å². The SMILES string of the molecule is CCCn1nncc1C(N)C1(c2ccccc2)CCCC1. The molecule has 1 fully saturated rings. The van der Waals surface area contributed by atoms with Crippen LogP contribution in [0, 0.1) is 0 Å². The molecule has 0 aliphatic heterocycles. The van der Waals surface area contributed by atoms with Crippen molar-refractivity contribution in [2.75, 3.05) is 0 Å². The zero-order valence-electron chi connectivity index (χ0n) is 12.7. The zero-order valence-corrected chi connectivity index (χ0v) is 12.7. The standard InChI is InChI=1S/C17H24N4/c1-2-12-21-15(13-19-20-21)16(18)17(10-6-7-11-17)14-8-4-3-5-9-14/h3-5,8-9,13,16H,2,6-7,10-12,18H2,1H3. The van der Waals surface area contributed by atoms with Crippen LogP contribution in [-0.4, -0.2) is 15.0 Å². The predicted molar refractivity (Wildman–Crippen MR) is 83.8 cm³/mol. The molecule has 21 heavy (non-hydrogen) atoms. The van der Waals surface area contributed by atoms with Crippen molar-refractivity contribution in [3.05, 3.63) is 47.8 Å². The van der Waals surface area contributed by atoms with Crippen LogP contribution in [0.5, 0.6) is 0 Å². The number of hydrogen-bond acceptors (Lipinski definition) is 3. The molecule has 1 aliphatic carbocycles. The Kier molecular flexibility index (Phi) is 4.06. The van der Waals surface area contributed by atoms with Crippen molar-refractivity contribution in [2.45, 2.75) is 57.0 Å². The van der Waals surface area contributed by atoms with Crippen LogP contribution < -0.4 is 5.73 Å². The third-order valence-electron chi connectivity index (χ3n) is 4.84. The Morgan fingerprint density at radius 2 is 1.95 bits per heavy atom. The van der Waals surface area contributed by atoms with Gasteiger partial charge in [0.15, 0.2) is 0 Å². The topological polar surface area (TPSA) is 56.7 Å². The first kappa shape index (κ1) is 14.3. The van der Waals surface area contributed by atoms with Crippen molar-refractivity contribution >= 4 is 0 Å². The molecule has 1 saturated carbocycles. The Bertz CT molecular complexity index is 569.